The molecule has 114 valence electrons. The van der Waals surface area contributed by atoms with Gasteiger partial charge in [0.2, 0.25) is 6.79 Å². The van der Waals surface area contributed by atoms with Crippen molar-refractivity contribution in [3.63, 3.8) is 0 Å². The minimum atomic E-state index is -0.917. The molecule has 5 nitrogen and oxygen atoms in total. The molecule has 5 heteroatoms. The molecule has 0 aromatic heterocycles. The van der Waals surface area contributed by atoms with Crippen LogP contribution in [-0.4, -0.2) is 17.9 Å². The highest BCUT2D eigenvalue weighted by atomic mass is 16.7. The molecule has 0 amide bonds. The molecule has 1 N–H and O–H groups in total. The highest BCUT2D eigenvalue weighted by molar-refractivity contribution is 5.89. The number of hydrogen-bond acceptors (Lipinski definition) is 4. The maximum Gasteiger partial charge on any atom is 0.335 e. The second-order valence-corrected chi connectivity index (χ2v) is 4.95. The second kappa shape index (κ2) is 5.97. The number of ether oxygens (including phenoxy) is 3. The van der Waals surface area contributed by atoms with Crippen molar-refractivity contribution in [2.45, 2.75) is 20.0 Å². The van der Waals surface area contributed by atoms with E-state index in [0.29, 0.717) is 24.3 Å². The summed E-state index contributed by atoms with van der Waals surface area (Å²) in [6.45, 7) is 2.55. The standard InChI is InChI=1S/C17H16O5/c1-2-12-8-13(4-5-14(12)17(18)19)20-9-11-3-6-15-16(7-11)22-10-21-15/h3-8H,2,9-10H2,1H3,(H,18,19). The lowest BCUT2D eigenvalue weighted by Gasteiger charge is -2.10. The smallest absolute Gasteiger partial charge is 0.335 e. The van der Waals surface area contributed by atoms with Gasteiger partial charge in [0, 0.05) is 0 Å². The lowest BCUT2D eigenvalue weighted by Crippen LogP contribution is -2.03. The quantitative estimate of drug-likeness (QED) is 0.918. The van der Waals surface area contributed by atoms with Gasteiger partial charge in [-0.1, -0.05) is 13.0 Å². The Balaban J connectivity index is 1.72. The number of benzene rings is 2. The molecule has 0 bridgehead atoms. The molecule has 0 spiro atoms. The molecule has 3 rings (SSSR count). The lowest BCUT2D eigenvalue weighted by atomic mass is 10.1. The zero-order chi connectivity index (χ0) is 15.5. The summed E-state index contributed by atoms with van der Waals surface area (Å²) in [4.78, 5) is 11.1. The van der Waals surface area contributed by atoms with Crippen LogP contribution in [0.5, 0.6) is 17.2 Å². The van der Waals surface area contributed by atoms with Gasteiger partial charge in [-0.05, 0) is 47.9 Å². The SMILES string of the molecule is CCc1cc(OCc2ccc3c(c2)OCO3)ccc1C(=O)O. The average molecular weight is 300 g/mol. The second-order valence-electron chi connectivity index (χ2n) is 4.95. The molecule has 2 aromatic rings. The van der Waals surface area contributed by atoms with E-state index in [1.165, 1.54) is 0 Å². The number of carboxylic acid groups (broad SMARTS) is 1. The lowest BCUT2D eigenvalue weighted by molar-refractivity contribution is 0.0695. The summed E-state index contributed by atoms with van der Waals surface area (Å²) in [5.74, 6) is 1.19. The van der Waals surface area contributed by atoms with Crippen LogP contribution >= 0.6 is 0 Å². The van der Waals surface area contributed by atoms with Crippen LogP contribution in [0.4, 0.5) is 0 Å². The third kappa shape index (κ3) is 2.83. The van der Waals surface area contributed by atoms with Gasteiger partial charge in [-0.15, -0.1) is 0 Å². The Morgan fingerprint density at radius 3 is 2.77 bits per heavy atom. The van der Waals surface area contributed by atoms with Crippen LogP contribution in [0, 0.1) is 0 Å². The highest BCUT2D eigenvalue weighted by Gasteiger charge is 2.14. The number of carboxylic acids is 1. The summed E-state index contributed by atoms with van der Waals surface area (Å²) in [5, 5.41) is 9.12. The van der Waals surface area contributed by atoms with Gasteiger partial charge in [-0.2, -0.15) is 0 Å². The number of aromatic carboxylic acids is 1. The number of carbonyl (C=O) groups is 1. The van der Waals surface area contributed by atoms with Crippen molar-refractivity contribution in [2.24, 2.45) is 0 Å². The maximum absolute atomic E-state index is 11.1. The molecule has 1 aliphatic heterocycles. The summed E-state index contributed by atoms with van der Waals surface area (Å²) in [6, 6.07) is 10.7. The van der Waals surface area contributed by atoms with Gasteiger partial charge in [-0.3, -0.25) is 0 Å². The van der Waals surface area contributed by atoms with Crippen LogP contribution in [0.1, 0.15) is 28.4 Å². The van der Waals surface area contributed by atoms with Crippen LogP contribution in [-0.2, 0) is 13.0 Å². The fourth-order valence-electron chi connectivity index (χ4n) is 2.36. The summed E-state index contributed by atoms with van der Waals surface area (Å²) < 4.78 is 16.3. The third-order valence-corrected chi connectivity index (χ3v) is 3.53. The summed E-state index contributed by atoms with van der Waals surface area (Å²) >= 11 is 0. The summed E-state index contributed by atoms with van der Waals surface area (Å²) in [5.41, 5.74) is 2.04. The van der Waals surface area contributed by atoms with E-state index in [1.807, 2.05) is 25.1 Å². The van der Waals surface area contributed by atoms with Crippen LogP contribution in [0.2, 0.25) is 0 Å². The van der Waals surface area contributed by atoms with Crippen molar-refractivity contribution < 1.29 is 24.1 Å². The Morgan fingerprint density at radius 1 is 1.18 bits per heavy atom. The van der Waals surface area contributed by atoms with Gasteiger partial charge in [-0.25, -0.2) is 4.79 Å². The molecule has 0 aliphatic carbocycles. The molecule has 1 heterocycles. The number of hydrogen-bond donors (Lipinski definition) is 1. The first-order chi connectivity index (χ1) is 10.7. The van der Waals surface area contributed by atoms with Gasteiger partial charge < -0.3 is 19.3 Å². The van der Waals surface area contributed by atoms with E-state index in [4.69, 9.17) is 19.3 Å². The predicted molar refractivity (Wildman–Crippen MR) is 79.7 cm³/mol. The van der Waals surface area contributed by atoms with E-state index in [0.717, 1.165) is 22.6 Å². The molecule has 22 heavy (non-hydrogen) atoms. The Bertz CT molecular complexity index is 708. The van der Waals surface area contributed by atoms with E-state index in [9.17, 15) is 4.79 Å². The third-order valence-electron chi connectivity index (χ3n) is 3.53. The van der Waals surface area contributed by atoms with Crippen molar-refractivity contribution >= 4 is 5.97 Å². The molecule has 0 radical (unpaired) electrons. The van der Waals surface area contributed by atoms with Gasteiger partial charge in [0.15, 0.2) is 11.5 Å². The number of rotatable bonds is 5. The molecule has 0 saturated heterocycles. The predicted octanol–water partition coefficient (Wildman–Crippen LogP) is 3.25. The molecule has 0 atom stereocenters. The fourth-order valence-corrected chi connectivity index (χ4v) is 2.36. The monoisotopic (exact) mass is 300 g/mol. The molecule has 0 fully saturated rings. The molecular formula is C17H16O5. The Labute approximate surface area is 128 Å². The molecule has 2 aromatic carbocycles. The molecule has 1 aliphatic rings. The van der Waals surface area contributed by atoms with Crippen molar-refractivity contribution in [2.75, 3.05) is 6.79 Å². The Morgan fingerprint density at radius 2 is 2.00 bits per heavy atom. The fraction of sp³-hybridized carbons (Fsp3) is 0.235. The van der Waals surface area contributed by atoms with Crippen LogP contribution < -0.4 is 14.2 Å². The largest absolute Gasteiger partial charge is 0.489 e. The van der Waals surface area contributed by atoms with E-state index < -0.39 is 5.97 Å². The number of fused-ring (bicyclic) bond motifs is 1. The van der Waals surface area contributed by atoms with Crippen molar-refractivity contribution in [1.82, 2.24) is 0 Å². The first-order valence-corrected chi connectivity index (χ1v) is 7.05. The van der Waals surface area contributed by atoms with Crippen molar-refractivity contribution in [3.05, 3.63) is 53.1 Å². The van der Waals surface area contributed by atoms with Crippen LogP contribution in [0.3, 0.4) is 0 Å². The molecular weight excluding hydrogens is 284 g/mol. The van der Waals surface area contributed by atoms with Crippen LogP contribution in [0.25, 0.3) is 0 Å². The summed E-state index contributed by atoms with van der Waals surface area (Å²) in [6.07, 6.45) is 0.642. The van der Waals surface area contributed by atoms with Gasteiger partial charge in [0.05, 0.1) is 5.56 Å². The van der Waals surface area contributed by atoms with Crippen molar-refractivity contribution in [1.29, 1.82) is 0 Å². The van der Waals surface area contributed by atoms with E-state index in [2.05, 4.69) is 0 Å². The van der Waals surface area contributed by atoms with E-state index in [1.54, 1.807) is 18.2 Å². The average Bonchev–Trinajstić information content (AvgIpc) is 3.00. The van der Waals surface area contributed by atoms with E-state index in [-0.39, 0.29) is 6.79 Å². The highest BCUT2D eigenvalue weighted by Crippen LogP contribution is 2.32. The van der Waals surface area contributed by atoms with Gasteiger partial charge >= 0.3 is 5.97 Å². The maximum atomic E-state index is 11.1. The Hall–Kier alpha value is -2.69. The van der Waals surface area contributed by atoms with Crippen LogP contribution in [0.15, 0.2) is 36.4 Å². The first kappa shape index (κ1) is 14.3. The number of aryl methyl sites for hydroxylation is 1. The Kier molecular flexibility index (Phi) is 3.87. The topological polar surface area (TPSA) is 65.0 Å². The van der Waals surface area contributed by atoms with Crippen molar-refractivity contribution in [3.8, 4) is 17.2 Å². The summed E-state index contributed by atoms with van der Waals surface area (Å²) in [7, 11) is 0. The molecule has 0 saturated carbocycles. The molecule has 0 unspecified atom stereocenters. The van der Waals surface area contributed by atoms with Gasteiger partial charge in [0.25, 0.3) is 0 Å². The zero-order valence-electron chi connectivity index (χ0n) is 12.2. The first-order valence-electron chi connectivity index (χ1n) is 7.05. The van der Waals surface area contributed by atoms with E-state index >= 15 is 0 Å². The normalized spacial score (nSPS) is 12.2. The zero-order valence-corrected chi connectivity index (χ0v) is 12.2. The minimum absolute atomic E-state index is 0.246. The van der Waals surface area contributed by atoms with Gasteiger partial charge in [0.1, 0.15) is 12.4 Å². The minimum Gasteiger partial charge on any atom is -0.489 e.